The molecule has 0 spiro atoms. The monoisotopic (exact) mass is 138 g/mol. The van der Waals surface area contributed by atoms with E-state index < -0.39 is 0 Å². The summed E-state index contributed by atoms with van der Waals surface area (Å²) in [7, 11) is 0. The third-order valence-corrected chi connectivity index (χ3v) is 3.37. The summed E-state index contributed by atoms with van der Waals surface area (Å²) in [5.41, 5.74) is 0. The van der Waals surface area contributed by atoms with E-state index in [1.165, 1.54) is 31.1 Å². The van der Waals surface area contributed by atoms with Crippen LogP contribution in [0.25, 0.3) is 0 Å². The maximum absolute atomic E-state index is 2.42. The molecular weight excluding hydrogens is 120 g/mol. The Labute approximate surface area is 64.0 Å². The van der Waals surface area contributed by atoms with E-state index in [4.69, 9.17) is 0 Å². The van der Waals surface area contributed by atoms with Gasteiger partial charge in [0.25, 0.3) is 0 Å². The van der Waals surface area contributed by atoms with Crippen molar-refractivity contribution < 1.29 is 0 Å². The molecule has 2 saturated carbocycles. The molecule has 0 amide bonds. The molecule has 0 saturated heterocycles. The molecule has 3 atom stereocenters. The van der Waals surface area contributed by atoms with Gasteiger partial charge in [-0.3, -0.25) is 0 Å². The Morgan fingerprint density at radius 3 is 2.60 bits per heavy atom. The maximum atomic E-state index is 2.42. The van der Waals surface area contributed by atoms with Gasteiger partial charge in [-0.2, -0.15) is 0 Å². The summed E-state index contributed by atoms with van der Waals surface area (Å²) in [6, 6.07) is 0. The first-order valence-corrected chi connectivity index (χ1v) is 4.86. The fourth-order valence-electron chi connectivity index (χ4n) is 2.39. The summed E-state index contributed by atoms with van der Waals surface area (Å²) in [6.45, 7) is 2.42. The lowest BCUT2D eigenvalue weighted by atomic mass is 9.93. The Kier molecular flexibility index (Phi) is 1.71. The van der Waals surface area contributed by atoms with Crippen LogP contribution in [0.5, 0.6) is 0 Å². The minimum atomic E-state index is 1.03. The van der Waals surface area contributed by atoms with Crippen LogP contribution in [0.15, 0.2) is 0 Å². The second-order valence-corrected chi connectivity index (χ2v) is 4.37. The molecule has 0 heteroatoms. The Morgan fingerprint density at radius 1 is 0.900 bits per heavy atom. The van der Waals surface area contributed by atoms with Crippen molar-refractivity contribution in [2.75, 3.05) is 0 Å². The van der Waals surface area contributed by atoms with E-state index >= 15 is 0 Å². The van der Waals surface area contributed by atoms with Gasteiger partial charge < -0.3 is 0 Å². The molecule has 0 unspecified atom stereocenters. The van der Waals surface area contributed by atoms with Crippen LogP contribution in [-0.2, 0) is 0 Å². The molecule has 0 radical (unpaired) electrons. The molecular formula is C10H18. The first-order valence-electron chi connectivity index (χ1n) is 4.86. The molecule has 2 rings (SSSR count). The first-order chi connectivity index (χ1) is 4.86. The summed E-state index contributed by atoms with van der Waals surface area (Å²) in [6.07, 6.45) is 9.21. The minimum absolute atomic E-state index is 1.03. The summed E-state index contributed by atoms with van der Waals surface area (Å²) < 4.78 is 0. The highest BCUT2D eigenvalue weighted by molar-refractivity contribution is 4.87. The van der Waals surface area contributed by atoms with E-state index in [1.807, 2.05) is 0 Å². The lowest BCUT2D eigenvalue weighted by Crippen LogP contribution is -2.00. The molecule has 0 aromatic carbocycles. The summed E-state index contributed by atoms with van der Waals surface area (Å²) >= 11 is 0. The van der Waals surface area contributed by atoms with Crippen molar-refractivity contribution in [2.45, 2.75) is 45.4 Å². The smallest absolute Gasteiger partial charge is 0.0383 e. The quantitative estimate of drug-likeness (QED) is 0.482. The average Bonchev–Trinajstić information content (AvgIpc) is 2.59. The van der Waals surface area contributed by atoms with Gasteiger partial charge in [0.1, 0.15) is 0 Å². The first kappa shape index (κ1) is 6.69. The highest BCUT2D eigenvalue weighted by Gasteiger charge is 2.36. The maximum Gasteiger partial charge on any atom is -0.0383 e. The van der Waals surface area contributed by atoms with Crippen molar-refractivity contribution in [1.29, 1.82) is 0 Å². The van der Waals surface area contributed by atoms with Crippen LogP contribution in [0, 0.1) is 17.8 Å². The van der Waals surface area contributed by atoms with E-state index in [0.29, 0.717) is 0 Å². The Hall–Kier alpha value is 0. The van der Waals surface area contributed by atoms with Gasteiger partial charge in [-0.25, -0.2) is 0 Å². The molecule has 58 valence electrons. The molecule has 10 heavy (non-hydrogen) atoms. The van der Waals surface area contributed by atoms with Crippen LogP contribution >= 0.6 is 0 Å². The molecule has 0 aromatic heterocycles. The van der Waals surface area contributed by atoms with Crippen LogP contribution < -0.4 is 0 Å². The van der Waals surface area contributed by atoms with Crippen molar-refractivity contribution in [3.05, 3.63) is 0 Å². The molecule has 2 fully saturated rings. The van der Waals surface area contributed by atoms with Gasteiger partial charge in [-0.05, 0) is 30.6 Å². The van der Waals surface area contributed by atoms with E-state index in [9.17, 15) is 0 Å². The highest BCUT2D eigenvalue weighted by atomic mass is 14.4. The van der Waals surface area contributed by atoms with Crippen LogP contribution in [0.4, 0.5) is 0 Å². The van der Waals surface area contributed by atoms with Crippen molar-refractivity contribution >= 4 is 0 Å². The van der Waals surface area contributed by atoms with E-state index in [-0.39, 0.29) is 0 Å². The average molecular weight is 138 g/mol. The van der Waals surface area contributed by atoms with Crippen molar-refractivity contribution in [1.82, 2.24) is 0 Å². The second-order valence-electron chi connectivity index (χ2n) is 4.37. The standard InChI is InChI=1S/C10H18/c1-8-3-2-4-9-7-10(9)6-5-8/h8-10H,2-7H2,1H3/t8-,9-,10+/m1/s1. The van der Waals surface area contributed by atoms with Gasteiger partial charge in [-0.15, -0.1) is 0 Å². The Morgan fingerprint density at radius 2 is 1.70 bits per heavy atom. The highest BCUT2D eigenvalue weighted by Crippen LogP contribution is 2.47. The zero-order valence-electron chi connectivity index (χ0n) is 6.97. The molecule has 2 aliphatic rings. The third-order valence-electron chi connectivity index (χ3n) is 3.37. The van der Waals surface area contributed by atoms with E-state index in [2.05, 4.69) is 6.92 Å². The lowest BCUT2D eigenvalue weighted by molar-refractivity contribution is 0.393. The topological polar surface area (TPSA) is 0 Å². The van der Waals surface area contributed by atoms with Gasteiger partial charge in [0.15, 0.2) is 0 Å². The van der Waals surface area contributed by atoms with Gasteiger partial charge in [0.2, 0.25) is 0 Å². The zero-order chi connectivity index (χ0) is 6.97. The molecule has 0 heterocycles. The Balaban J connectivity index is 1.83. The normalized spacial score (nSPS) is 47.1. The van der Waals surface area contributed by atoms with Crippen molar-refractivity contribution in [3.8, 4) is 0 Å². The van der Waals surface area contributed by atoms with Crippen molar-refractivity contribution in [2.24, 2.45) is 17.8 Å². The second kappa shape index (κ2) is 2.56. The Bertz CT molecular complexity index is 115. The fourth-order valence-corrected chi connectivity index (χ4v) is 2.39. The molecule has 0 aliphatic heterocycles. The van der Waals surface area contributed by atoms with Crippen LogP contribution in [0.3, 0.4) is 0 Å². The van der Waals surface area contributed by atoms with Crippen molar-refractivity contribution in [3.63, 3.8) is 0 Å². The fraction of sp³-hybridized carbons (Fsp3) is 1.00. The molecule has 0 N–H and O–H groups in total. The number of hydrogen-bond donors (Lipinski definition) is 0. The number of hydrogen-bond acceptors (Lipinski definition) is 0. The van der Waals surface area contributed by atoms with Gasteiger partial charge in [0.05, 0.1) is 0 Å². The van der Waals surface area contributed by atoms with Gasteiger partial charge >= 0.3 is 0 Å². The summed E-state index contributed by atoms with van der Waals surface area (Å²) in [5, 5.41) is 0. The predicted octanol–water partition coefficient (Wildman–Crippen LogP) is 3.22. The van der Waals surface area contributed by atoms with Gasteiger partial charge in [-0.1, -0.05) is 32.6 Å². The lowest BCUT2D eigenvalue weighted by Gasteiger charge is -2.13. The summed E-state index contributed by atoms with van der Waals surface area (Å²) in [4.78, 5) is 0. The molecule has 0 bridgehead atoms. The van der Waals surface area contributed by atoms with Gasteiger partial charge in [0, 0.05) is 0 Å². The van der Waals surface area contributed by atoms with E-state index in [0.717, 1.165) is 5.92 Å². The zero-order valence-corrected chi connectivity index (χ0v) is 6.97. The predicted molar refractivity (Wildman–Crippen MR) is 43.8 cm³/mol. The van der Waals surface area contributed by atoms with E-state index in [1.54, 1.807) is 19.3 Å². The van der Waals surface area contributed by atoms with Crippen LogP contribution in [0.1, 0.15) is 45.4 Å². The van der Waals surface area contributed by atoms with Crippen LogP contribution in [0.2, 0.25) is 0 Å². The third kappa shape index (κ3) is 1.36. The SMILES string of the molecule is C[C@@H]1CCC[C@@H]2C[C@@H]2CC1. The number of fused-ring (bicyclic) bond motifs is 1. The number of rotatable bonds is 0. The molecule has 2 aliphatic carbocycles. The largest absolute Gasteiger partial charge is 0.0625 e. The minimum Gasteiger partial charge on any atom is -0.0625 e. The van der Waals surface area contributed by atoms with Crippen LogP contribution in [-0.4, -0.2) is 0 Å². The molecule has 0 aromatic rings. The summed E-state index contributed by atoms with van der Waals surface area (Å²) in [5.74, 6) is 3.37. The molecule has 0 nitrogen and oxygen atoms in total.